The first-order chi connectivity index (χ1) is 11.5. The molecule has 2 aromatic rings. The lowest BCUT2D eigenvalue weighted by Crippen LogP contribution is -2.44. The quantitative estimate of drug-likeness (QED) is 0.886. The van der Waals surface area contributed by atoms with Crippen molar-refractivity contribution in [3.8, 4) is 0 Å². The minimum Gasteiger partial charge on any atom is -0.353 e. The highest BCUT2D eigenvalue weighted by atomic mass is 32.1. The van der Waals surface area contributed by atoms with E-state index in [0.29, 0.717) is 22.1 Å². The lowest BCUT2D eigenvalue weighted by Gasteiger charge is -2.34. The second-order valence-electron chi connectivity index (χ2n) is 6.74. The van der Waals surface area contributed by atoms with Gasteiger partial charge in [0.05, 0.1) is 5.52 Å². The van der Waals surface area contributed by atoms with Crippen LogP contribution in [0.15, 0.2) is 21.0 Å². The minimum absolute atomic E-state index is 0.0986. The first-order valence-electron chi connectivity index (χ1n) is 8.47. The van der Waals surface area contributed by atoms with Gasteiger partial charge in [0.25, 0.3) is 5.56 Å². The maximum absolute atomic E-state index is 12.3. The Balaban J connectivity index is 1.66. The first kappa shape index (κ1) is 17.0. The van der Waals surface area contributed by atoms with E-state index in [1.165, 1.54) is 17.8 Å². The highest BCUT2D eigenvalue weighted by Gasteiger charge is 2.28. The van der Waals surface area contributed by atoms with Crippen LogP contribution in [-0.2, 0) is 11.3 Å². The summed E-state index contributed by atoms with van der Waals surface area (Å²) in [5.74, 6) is 0.963. The number of H-pyrrole nitrogens is 1. The molecule has 1 amide bonds. The van der Waals surface area contributed by atoms with Crippen LogP contribution in [0.4, 0.5) is 0 Å². The number of thiophene rings is 1. The van der Waals surface area contributed by atoms with Crippen molar-refractivity contribution in [1.29, 1.82) is 0 Å². The van der Waals surface area contributed by atoms with E-state index in [-0.39, 0.29) is 30.5 Å². The van der Waals surface area contributed by atoms with Crippen LogP contribution < -0.4 is 16.6 Å². The fraction of sp³-hybridized carbons (Fsp3) is 0.588. The van der Waals surface area contributed by atoms with Crippen molar-refractivity contribution in [2.24, 2.45) is 11.8 Å². The van der Waals surface area contributed by atoms with Gasteiger partial charge >= 0.3 is 5.69 Å². The zero-order valence-electron chi connectivity index (χ0n) is 14.0. The normalized spacial score (nSPS) is 24.2. The van der Waals surface area contributed by atoms with Crippen LogP contribution in [0.2, 0.25) is 0 Å². The van der Waals surface area contributed by atoms with Gasteiger partial charge in [0.2, 0.25) is 5.91 Å². The number of hydrogen-bond donors (Lipinski definition) is 2. The molecule has 2 aromatic heterocycles. The van der Waals surface area contributed by atoms with E-state index in [0.717, 1.165) is 17.4 Å². The summed E-state index contributed by atoms with van der Waals surface area (Å²) < 4.78 is 1.63. The molecule has 3 atom stereocenters. The van der Waals surface area contributed by atoms with Crippen molar-refractivity contribution >= 4 is 27.5 Å². The van der Waals surface area contributed by atoms with Crippen molar-refractivity contribution in [2.75, 3.05) is 0 Å². The molecule has 1 aliphatic rings. The van der Waals surface area contributed by atoms with Crippen molar-refractivity contribution in [3.63, 3.8) is 0 Å². The van der Waals surface area contributed by atoms with Crippen LogP contribution in [0.25, 0.3) is 10.2 Å². The topological polar surface area (TPSA) is 84.0 Å². The molecule has 0 aromatic carbocycles. The summed E-state index contributed by atoms with van der Waals surface area (Å²) in [4.78, 5) is 39.3. The third-order valence-electron chi connectivity index (χ3n) is 5.21. The number of nitrogens with zero attached hydrogens (tertiary/aromatic N) is 1. The van der Waals surface area contributed by atoms with Gasteiger partial charge in [-0.1, -0.05) is 26.7 Å². The molecule has 0 bridgehead atoms. The fourth-order valence-corrected chi connectivity index (χ4v) is 4.25. The SMILES string of the molecule is CC1CCCC(NC(=O)CCn2c(=O)[nH]c3ccsc3c2=O)C1C. The highest BCUT2D eigenvalue weighted by Crippen LogP contribution is 2.29. The number of carbonyl (C=O) groups excluding carboxylic acids is 1. The zero-order valence-corrected chi connectivity index (χ0v) is 14.8. The molecule has 3 rings (SSSR count). The molecule has 1 aliphatic carbocycles. The number of rotatable bonds is 4. The van der Waals surface area contributed by atoms with E-state index in [1.54, 1.807) is 11.4 Å². The number of aromatic nitrogens is 2. The molecule has 130 valence electrons. The molecule has 0 aliphatic heterocycles. The van der Waals surface area contributed by atoms with E-state index in [1.807, 2.05) is 0 Å². The van der Waals surface area contributed by atoms with E-state index in [4.69, 9.17) is 0 Å². The van der Waals surface area contributed by atoms with Gasteiger partial charge in [-0.05, 0) is 29.7 Å². The van der Waals surface area contributed by atoms with Crippen LogP contribution >= 0.6 is 11.3 Å². The standard InChI is InChI=1S/C17H23N3O3S/c1-10-4-3-5-12(11(10)2)18-14(21)6-8-20-16(22)15-13(7-9-24-15)19-17(20)23/h7,9-12H,3-6,8H2,1-2H3,(H,18,21)(H,19,23). The highest BCUT2D eigenvalue weighted by molar-refractivity contribution is 7.17. The van der Waals surface area contributed by atoms with Crippen LogP contribution in [0.3, 0.4) is 0 Å². The zero-order chi connectivity index (χ0) is 17.3. The number of amides is 1. The van der Waals surface area contributed by atoms with Crippen molar-refractivity contribution < 1.29 is 4.79 Å². The van der Waals surface area contributed by atoms with Crippen molar-refractivity contribution in [1.82, 2.24) is 14.9 Å². The van der Waals surface area contributed by atoms with Crippen molar-refractivity contribution in [3.05, 3.63) is 32.3 Å². The third-order valence-corrected chi connectivity index (χ3v) is 6.11. The second kappa shape index (κ2) is 6.93. The van der Waals surface area contributed by atoms with E-state index < -0.39 is 5.69 Å². The van der Waals surface area contributed by atoms with Gasteiger partial charge in [0, 0.05) is 19.0 Å². The van der Waals surface area contributed by atoms with E-state index >= 15 is 0 Å². The molecular formula is C17H23N3O3S. The van der Waals surface area contributed by atoms with E-state index in [2.05, 4.69) is 24.1 Å². The molecule has 2 N–H and O–H groups in total. The average molecular weight is 349 g/mol. The van der Waals surface area contributed by atoms with Gasteiger partial charge in [-0.15, -0.1) is 11.3 Å². The lowest BCUT2D eigenvalue weighted by molar-refractivity contribution is -0.122. The van der Waals surface area contributed by atoms with Crippen molar-refractivity contribution in [2.45, 2.75) is 52.1 Å². The van der Waals surface area contributed by atoms with Gasteiger partial charge in [-0.2, -0.15) is 0 Å². The molecule has 3 unspecified atom stereocenters. The summed E-state index contributed by atoms with van der Waals surface area (Å²) in [7, 11) is 0. The van der Waals surface area contributed by atoms with Gasteiger partial charge in [-0.25, -0.2) is 4.79 Å². The fourth-order valence-electron chi connectivity index (χ4n) is 3.45. The Hall–Kier alpha value is -1.89. The molecule has 6 nitrogen and oxygen atoms in total. The molecule has 2 heterocycles. The second-order valence-corrected chi connectivity index (χ2v) is 7.66. The Bertz CT molecular complexity index is 851. The van der Waals surface area contributed by atoms with Gasteiger partial charge in [-0.3, -0.25) is 14.2 Å². The smallest absolute Gasteiger partial charge is 0.328 e. The third kappa shape index (κ3) is 3.31. The molecule has 1 saturated carbocycles. The van der Waals surface area contributed by atoms with Crippen LogP contribution in [0.5, 0.6) is 0 Å². The first-order valence-corrected chi connectivity index (χ1v) is 9.35. The number of hydrogen-bond acceptors (Lipinski definition) is 4. The van der Waals surface area contributed by atoms with Gasteiger partial charge in [0.15, 0.2) is 0 Å². The molecule has 24 heavy (non-hydrogen) atoms. The Morgan fingerprint density at radius 1 is 1.38 bits per heavy atom. The number of fused-ring (bicyclic) bond motifs is 1. The summed E-state index contributed by atoms with van der Waals surface area (Å²) in [5, 5.41) is 4.84. The molecular weight excluding hydrogens is 326 g/mol. The molecule has 0 radical (unpaired) electrons. The Kier molecular flexibility index (Phi) is 4.89. The number of carbonyl (C=O) groups is 1. The Labute approximate surface area is 143 Å². The summed E-state index contributed by atoms with van der Waals surface area (Å²) in [6.45, 7) is 4.50. The predicted molar refractivity (Wildman–Crippen MR) is 95.4 cm³/mol. The summed E-state index contributed by atoms with van der Waals surface area (Å²) in [6, 6.07) is 1.90. The van der Waals surface area contributed by atoms with Gasteiger partial charge in [0.1, 0.15) is 4.70 Å². The van der Waals surface area contributed by atoms with Gasteiger partial charge < -0.3 is 10.3 Å². The maximum Gasteiger partial charge on any atom is 0.328 e. The monoisotopic (exact) mass is 349 g/mol. The Morgan fingerprint density at radius 3 is 2.96 bits per heavy atom. The number of aromatic amines is 1. The summed E-state index contributed by atoms with van der Waals surface area (Å²) in [5.41, 5.74) is -0.227. The van der Waals surface area contributed by atoms with E-state index in [9.17, 15) is 14.4 Å². The maximum atomic E-state index is 12.3. The average Bonchev–Trinajstić information content (AvgIpc) is 3.00. The predicted octanol–water partition coefficient (Wildman–Crippen LogP) is 2.08. The summed E-state index contributed by atoms with van der Waals surface area (Å²) in [6.07, 6.45) is 3.47. The van der Waals surface area contributed by atoms with Crippen LogP contribution in [-0.4, -0.2) is 21.5 Å². The lowest BCUT2D eigenvalue weighted by atomic mass is 9.78. The largest absolute Gasteiger partial charge is 0.353 e. The Morgan fingerprint density at radius 2 is 2.17 bits per heavy atom. The minimum atomic E-state index is -0.460. The summed E-state index contributed by atoms with van der Waals surface area (Å²) >= 11 is 1.30. The molecule has 1 fully saturated rings. The molecule has 0 spiro atoms. The van der Waals surface area contributed by atoms with Crippen LogP contribution in [0.1, 0.15) is 39.5 Å². The molecule has 7 heteroatoms. The number of nitrogens with one attached hydrogen (secondary N) is 2. The molecule has 0 saturated heterocycles. The van der Waals surface area contributed by atoms with Crippen LogP contribution in [0, 0.1) is 11.8 Å².